The predicted octanol–water partition coefficient (Wildman–Crippen LogP) is 3.21. The molecule has 0 saturated carbocycles. The number of carbonyl (C=O) groups is 1. The molecule has 3 rings (SSSR count). The zero-order chi connectivity index (χ0) is 18.5. The monoisotopic (exact) mass is 373 g/mol. The first-order valence-corrected chi connectivity index (χ1v) is 8.73. The summed E-state index contributed by atoms with van der Waals surface area (Å²) in [6, 6.07) is 14.5. The smallest absolute Gasteiger partial charge is 0.408 e. The number of aromatic nitrogens is 1. The highest BCUT2D eigenvalue weighted by Gasteiger charge is 2.11. The lowest BCUT2D eigenvalue weighted by Crippen LogP contribution is -2.31. The number of anilines is 1. The van der Waals surface area contributed by atoms with Crippen LogP contribution in [0.4, 0.5) is 5.69 Å². The second kappa shape index (κ2) is 8.21. The first-order valence-electron chi connectivity index (χ1n) is 8.36. The number of likely N-dealkylation sites (N-methyl/N-ethyl adjacent to an activating group) is 1. The number of fused-ring (bicyclic) bond motifs is 1. The molecule has 1 N–H and O–H groups in total. The van der Waals surface area contributed by atoms with Crippen molar-refractivity contribution in [1.82, 2.24) is 9.47 Å². The van der Waals surface area contributed by atoms with Crippen LogP contribution in [0.1, 0.15) is 6.42 Å². The number of hydrogen-bond acceptors (Lipinski definition) is 4. The summed E-state index contributed by atoms with van der Waals surface area (Å²) in [5.41, 5.74) is 1.98. The van der Waals surface area contributed by atoms with E-state index in [2.05, 4.69) is 5.32 Å². The Hall–Kier alpha value is -2.57. The largest absolute Gasteiger partial charge is 0.419 e. The van der Waals surface area contributed by atoms with E-state index in [9.17, 15) is 9.59 Å². The van der Waals surface area contributed by atoms with Crippen LogP contribution in [0.3, 0.4) is 0 Å². The van der Waals surface area contributed by atoms with E-state index in [0.717, 1.165) is 11.9 Å². The van der Waals surface area contributed by atoms with Crippen molar-refractivity contribution < 1.29 is 9.21 Å². The molecule has 26 heavy (non-hydrogen) atoms. The average Bonchev–Trinajstić information content (AvgIpc) is 2.92. The van der Waals surface area contributed by atoms with Crippen LogP contribution < -0.4 is 11.1 Å². The molecule has 0 bridgehead atoms. The van der Waals surface area contributed by atoms with Crippen molar-refractivity contribution in [2.45, 2.75) is 13.0 Å². The van der Waals surface area contributed by atoms with E-state index in [0.29, 0.717) is 29.4 Å². The number of oxazole rings is 1. The third kappa shape index (κ3) is 4.33. The van der Waals surface area contributed by atoms with Crippen molar-refractivity contribution in [3.63, 3.8) is 0 Å². The van der Waals surface area contributed by atoms with Gasteiger partial charge in [-0.3, -0.25) is 14.3 Å². The first kappa shape index (κ1) is 18.2. The molecule has 3 aromatic rings. The summed E-state index contributed by atoms with van der Waals surface area (Å²) in [7, 11) is 1.86. The van der Waals surface area contributed by atoms with E-state index in [1.165, 1.54) is 0 Å². The van der Waals surface area contributed by atoms with Crippen molar-refractivity contribution in [2.24, 2.45) is 0 Å². The molecule has 0 saturated heterocycles. The molecule has 0 fully saturated rings. The van der Waals surface area contributed by atoms with Crippen LogP contribution in [0, 0.1) is 0 Å². The summed E-state index contributed by atoms with van der Waals surface area (Å²) in [4.78, 5) is 25.9. The van der Waals surface area contributed by atoms with Gasteiger partial charge in [0.15, 0.2) is 5.58 Å². The van der Waals surface area contributed by atoms with Crippen molar-refractivity contribution in [3.8, 4) is 0 Å². The summed E-state index contributed by atoms with van der Waals surface area (Å²) in [6.07, 6.45) is 0.722. The standard InChI is InChI=1S/C19H20ClN3O3/c1-22(13-18(24)21-15-8-3-2-7-14(15)20)11-6-12-23-16-9-4-5-10-17(16)26-19(23)25/h2-5,7-10H,6,11-13H2,1H3,(H,21,24). The van der Waals surface area contributed by atoms with Crippen LogP contribution in [0.15, 0.2) is 57.7 Å². The van der Waals surface area contributed by atoms with Gasteiger partial charge < -0.3 is 9.73 Å². The molecule has 1 amide bonds. The molecule has 2 aromatic carbocycles. The van der Waals surface area contributed by atoms with Crippen LogP contribution in [0.5, 0.6) is 0 Å². The number of benzene rings is 2. The quantitative estimate of drug-likeness (QED) is 0.690. The third-order valence-corrected chi connectivity index (χ3v) is 4.39. The summed E-state index contributed by atoms with van der Waals surface area (Å²) in [6.45, 7) is 1.44. The van der Waals surface area contributed by atoms with Gasteiger partial charge in [0.25, 0.3) is 0 Å². The molecule has 0 atom stereocenters. The zero-order valence-electron chi connectivity index (χ0n) is 14.4. The molecule has 0 aliphatic rings. The van der Waals surface area contributed by atoms with E-state index in [4.69, 9.17) is 16.0 Å². The minimum atomic E-state index is -0.356. The fraction of sp³-hybridized carbons (Fsp3) is 0.263. The van der Waals surface area contributed by atoms with Crippen LogP contribution in [-0.4, -0.2) is 35.5 Å². The Kier molecular flexibility index (Phi) is 5.75. The van der Waals surface area contributed by atoms with Crippen molar-refractivity contribution in [1.29, 1.82) is 0 Å². The molecule has 0 radical (unpaired) electrons. The molecule has 136 valence electrons. The van der Waals surface area contributed by atoms with Gasteiger partial charge in [-0.15, -0.1) is 0 Å². The molecule has 0 unspecified atom stereocenters. The van der Waals surface area contributed by atoms with E-state index in [1.54, 1.807) is 22.8 Å². The molecule has 1 aromatic heterocycles. The van der Waals surface area contributed by atoms with Crippen LogP contribution in [-0.2, 0) is 11.3 Å². The summed E-state index contributed by atoms with van der Waals surface area (Å²) < 4.78 is 6.83. The van der Waals surface area contributed by atoms with Crippen molar-refractivity contribution in [2.75, 3.05) is 25.5 Å². The number of aryl methyl sites for hydroxylation is 1. The average molecular weight is 374 g/mol. The Labute approximate surface area is 156 Å². The number of para-hydroxylation sites is 3. The Bertz CT molecular complexity index is 964. The minimum absolute atomic E-state index is 0.133. The first-order chi connectivity index (χ1) is 12.5. The van der Waals surface area contributed by atoms with Gasteiger partial charge in [0.05, 0.1) is 22.8 Å². The normalized spacial score (nSPS) is 11.2. The maximum absolute atomic E-state index is 12.1. The van der Waals surface area contributed by atoms with E-state index in [-0.39, 0.29) is 18.2 Å². The van der Waals surface area contributed by atoms with Gasteiger partial charge in [-0.05, 0) is 37.7 Å². The number of nitrogens with one attached hydrogen (secondary N) is 1. The van der Waals surface area contributed by atoms with Gasteiger partial charge in [0, 0.05) is 13.1 Å². The highest BCUT2D eigenvalue weighted by atomic mass is 35.5. The van der Waals surface area contributed by atoms with Gasteiger partial charge in [0.1, 0.15) is 0 Å². The molecular weight excluding hydrogens is 354 g/mol. The topological polar surface area (TPSA) is 67.5 Å². The minimum Gasteiger partial charge on any atom is -0.408 e. The van der Waals surface area contributed by atoms with E-state index >= 15 is 0 Å². The highest BCUT2D eigenvalue weighted by molar-refractivity contribution is 6.33. The molecule has 0 spiro atoms. The van der Waals surface area contributed by atoms with Gasteiger partial charge in [0.2, 0.25) is 5.91 Å². The lowest BCUT2D eigenvalue weighted by molar-refractivity contribution is -0.117. The molecule has 1 heterocycles. The summed E-state index contributed by atoms with van der Waals surface area (Å²) in [5.74, 6) is -0.489. The number of nitrogens with zero attached hydrogens (tertiary/aromatic N) is 2. The molecular formula is C19H20ClN3O3. The second-order valence-electron chi connectivity index (χ2n) is 6.11. The number of hydrogen-bond donors (Lipinski definition) is 1. The predicted molar refractivity (Wildman–Crippen MR) is 103 cm³/mol. The SMILES string of the molecule is CN(CCCn1c(=O)oc2ccccc21)CC(=O)Nc1ccccc1Cl. The zero-order valence-corrected chi connectivity index (χ0v) is 15.2. The highest BCUT2D eigenvalue weighted by Crippen LogP contribution is 2.20. The lowest BCUT2D eigenvalue weighted by Gasteiger charge is -2.16. The fourth-order valence-corrected chi connectivity index (χ4v) is 2.98. The summed E-state index contributed by atoms with van der Waals surface area (Å²) >= 11 is 6.04. The number of halogens is 1. The Morgan fingerprint density at radius 1 is 1.19 bits per heavy atom. The fourth-order valence-electron chi connectivity index (χ4n) is 2.80. The van der Waals surface area contributed by atoms with Gasteiger partial charge in [-0.2, -0.15) is 0 Å². The number of carbonyl (C=O) groups excluding carboxylic acids is 1. The molecule has 0 aliphatic heterocycles. The Morgan fingerprint density at radius 3 is 2.73 bits per heavy atom. The number of amides is 1. The van der Waals surface area contributed by atoms with Crippen molar-refractivity contribution in [3.05, 3.63) is 64.1 Å². The van der Waals surface area contributed by atoms with Crippen LogP contribution >= 0.6 is 11.6 Å². The van der Waals surface area contributed by atoms with Gasteiger partial charge in [-0.1, -0.05) is 35.9 Å². The Balaban J connectivity index is 1.50. The molecule has 6 nitrogen and oxygen atoms in total. The van der Waals surface area contributed by atoms with Crippen LogP contribution in [0.25, 0.3) is 11.1 Å². The lowest BCUT2D eigenvalue weighted by atomic mass is 10.3. The number of rotatable bonds is 7. The summed E-state index contributed by atoms with van der Waals surface area (Å²) in [5, 5.41) is 3.30. The maximum atomic E-state index is 12.1. The second-order valence-corrected chi connectivity index (χ2v) is 6.51. The molecule has 0 aliphatic carbocycles. The Morgan fingerprint density at radius 2 is 1.92 bits per heavy atom. The maximum Gasteiger partial charge on any atom is 0.419 e. The third-order valence-electron chi connectivity index (χ3n) is 4.06. The van der Waals surface area contributed by atoms with E-state index < -0.39 is 0 Å². The van der Waals surface area contributed by atoms with Crippen LogP contribution in [0.2, 0.25) is 5.02 Å². The van der Waals surface area contributed by atoms with Gasteiger partial charge >= 0.3 is 5.76 Å². The van der Waals surface area contributed by atoms with Crippen molar-refractivity contribution >= 4 is 34.3 Å². The van der Waals surface area contributed by atoms with E-state index in [1.807, 2.05) is 42.3 Å². The molecule has 7 heteroatoms. The van der Waals surface area contributed by atoms with Gasteiger partial charge in [-0.25, -0.2) is 4.79 Å².